The topological polar surface area (TPSA) is 332 Å². The molecule has 4 heterocycles. The largest absolute Gasteiger partial charge is 0.756 e. The lowest BCUT2D eigenvalue weighted by Gasteiger charge is -2.33. The number of aliphatic hydroxyl groups is 1. The van der Waals surface area contributed by atoms with Crippen LogP contribution in [0.25, 0.3) is 10.4 Å². The van der Waals surface area contributed by atoms with Crippen LogP contribution in [0, 0.1) is 12.7 Å². The van der Waals surface area contributed by atoms with Gasteiger partial charge in [0.25, 0.3) is 18.9 Å². The van der Waals surface area contributed by atoms with E-state index >= 15 is 0 Å². The van der Waals surface area contributed by atoms with Gasteiger partial charge in [-0.3, -0.25) is 42.3 Å². The van der Waals surface area contributed by atoms with Crippen LogP contribution in [0.4, 0.5) is 4.39 Å². The highest BCUT2D eigenvalue weighted by Gasteiger charge is 2.42. The van der Waals surface area contributed by atoms with E-state index < -0.39 is 113 Å². The molecule has 4 rings (SSSR count). The second-order valence-corrected chi connectivity index (χ2v) is 19.4. The van der Waals surface area contributed by atoms with E-state index in [1.54, 1.807) is 4.98 Å². The Balaban J connectivity index is 1.38. The van der Waals surface area contributed by atoms with E-state index in [1.165, 1.54) is 77.3 Å². The maximum Gasteiger partial charge on any atom is 0.472 e. The Labute approximate surface area is 380 Å². The van der Waals surface area contributed by atoms with Crippen molar-refractivity contribution < 1.29 is 61.1 Å². The predicted octanol–water partition coefficient (Wildman–Crippen LogP) is 5.17. The summed E-state index contributed by atoms with van der Waals surface area (Å²) < 4.78 is 74.0. The summed E-state index contributed by atoms with van der Waals surface area (Å²) in [5.41, 5.74) is 5.74. The highest BCUT2D eigenvalue weighted by Crippen LogP contribution is 2.46. The molecule has 0 spiro atoms. The van der Waals surface area contributed by atoms with Crippen LogP contribution in [0.5, 0.6) is 0 Å². The van der Waals surface area contributed by atoms with Gasteiger partial charge in [0.05, 0.1) is 43.8 Å². The number of nitrogens with zero attached hydrogens (tertiary/aromatic N) is 5. The van der Waals surface area contributed by atoms with Gasteiger partial charge >= 0.3 is 19.2 Å². The van der Waals surface area contributed by atoms with Gasteiger partial charge in [0.1, 0.15) is 24.7 Å². The first-order chi connectivity index (χ1) is 31.4. The molecular weight excluding hydrogens is 915 g/mol. The third-order valence-corrected chi connectivity index (χ3v) is 13.1. The molecule has 66 heavy (non-hydrogen) atoms. The Morgan fingerprint density at radius 1 is 0.833 bits per heavy atom. The number of halogens is 1. The summed E-state index contributed by atoms with van der Waals surface area (Å²) >= 11 is 0. The molecule has 0 bridgehead atoms. The minimum absolute atomic E-state index is 0.0221. The van der Waals surface area contributed by atoms with Crippen LogP contribution in [0.3, 0.4) is 0 Å². The third kappa shape index (κ3) is 18.6. The molecule has 2 aliphatic heterocycles. The molecule has 10 unspecified atom stereocenters. The zero-order valence-electron chi connectivity index (χ0n) is 37.5. The number of rotatable bonds is 32. The molecule has 23 nitrogen and oxygen atoms in total. The number of ether oxygens (including phenoxy) is 3. The summed E-state index contributed by atoms with van der Waals surface area (Å²) in [6, 6.07) is -1.05. The van der Waals surface area contributed by atoms with Gasteiger partial charge < -0.3 is 38.5 Å². The number of aryl methyl sites for hydroxylation is 1. The summed E-state index contributed by atoms with van der Waals surface area (Å²) in [5, 5.41) is 14.3. The van der Waals surface area contributed by atoms with Crippen LogP contribution in [-0.4, -0.2) is 90.4 Å². The van der Waals surface area contributed by atoms with Crippen LogP contribution in [0.15, 0.2) is 36.7 Å². The van der Waals surface area contributed by atoms with Crippen molar-refractivity contribution in [2.24, 2.45) is 5.11 Å². The molecule has 2 fully saturated rings. The van der Waals surface area contributed by atoms with Gasteiger partial charge in [-0.2, -0.15) is 4.39 Å². The Morgan fingerprint density at radius 2 is 1.36 bits per heavy atom. The summed E-state index contributed by atoms with van der Waals surface area (Å²) in [5.74, 6) is -1.30. The van der Waals surface area contributed by atoms with E-state index in [0.29, 0.717) is 17.2 Å². The molecule has 2 aromatic heterocycles. The van der Waals surface area contributed by atoms with Gasteiger partial charge in [0.2, 0.25) is 5.82 Å². The van der Waals surface area contributed by atoms with Crippen LogP contribution in [-0.2, 0) is 36.9 Å². The highest BCUT2D eigenvalue weighted by atomic mass is 31.2. The number of nitrogens with one attached hydrogen (secondary N) is 2. The van der Waals surface area contributed by atoms with Crippen molar-refractivity contribution in [1.29, 1.82) is 0 Å². The number of phosphoric acid groups is 2. The first-order valence-corrected chi connectivity index (χ1v) is 25.7. The third-order valence-electron chi connectivity index (χ3n) is 11.6. The Hall–Kier alpha value is -3.34. The maximum atomic E-state index is 13.9. The molecule has 0 amide bonds. The van der Waals surface area contributed by atoms with Crippen molar-refractivity contribution in [2.45, 2.75) is 185 Å². The molecule has 0 saturated carbocycles. The van der Waals surface area contributed by atoms with Gasteiger partial charge in [-0.15, -0.1) is 0 Å². The lowest BCUT2D eigenvalue weighted by molar-refractivity contribution is -0.230. The van der Waals surface area contributed by atoms with Gasteiger partial charge in [-0.25, -0.2) is 14.2 Å². The van der Waals surface area contributed by atoms with Crippen molar-refractivity contribution in [3.8, 4) is 0 Å². The Kier molecular flexibility index (Phi) is 23.1. The number of phosphoric ester groups is 2. The van der Waals surface area contributed by atoms with Gasteiger partial charge in [0, 0.05) is 42.5 Å². The molecule has 2 aromatic rings. The zero-order valence-corrected chi connectivity index (χ0v) is 39.3. The quantitative estimate of drug-likeness (QED) is 0.0208. The fourth-order valence-electron chi connectivity index (χ4n) is 7.98. The summed E-state index contributed by atoms with van der Waals surface area (Å²) in [6.07, 6.45) is 9.31. The average Bonchev–Trinajstić information content (AvgIpc) is 3.83. The number of unbranched alkanes of at least 4 members (excludes halogenated alkanes) is 15. The summed E-state index contributed by atoms with van der Waals surface area (Å²) in [7, 11) is -10.7. The van der Waals surface area contributed by atoms with Gasteiger partial charge in [-0.05, 0) is 18.9 Å². The second-order valence-electron chi connectivity index (χ2n) is 16.8. The number of aromatic amines is 2. The van der Waals surface area contributed by atoms with Gasteiger partial charge in [-0.1, -0.05) is 108 Å². The molecule has 0 radical (unpaired) electrons. The molecule has 10 atom stereocenters. The normalized spacial score (nSPS) is 23.6. The minimum atomic E-state index is -5.59. The van der Waals surface area contributed by atoms with Crippen molar-refractivity contribution in [2.75, 3.05) is 19.8 Å². The number of H-pyrrole nitrogens is 2. The fourth-order valence-corrected chi connectivity index (χ4v) is 9.29. The van der Waals surface area contributed by atoms with Crippen LogP contribution < -0.4 is 27.4 Å². The highest BCUT2D eigenvalue weighted by molar-refractivity contribution is 7.47. The molecule has 374 valence electrons. The fraction of sp³-hybridized carbons (Fsp3) is 0.800. The van der Waals surface area contributed by atoms with Crippen molar-refractivity contribution in [3.63, 3.8) is 0 Å². The second kappa shape index (κ2) is 27.6. The van der Waals surface area contributed by atoms with Gasteiger partial charge in [0.15, 0.2) is 0 Å². The van der Waals surface area contributed by atoms with E-state index in [1.807, 2.05) is 0 Å². The average molecular weight is 981 g/mol. The monoisotopic (exact) mass is 980 g/mol. The van der Waals surface area contributed by atoms with E-state index in [9.17, 15) is 58.0 Å². The smallest absolute Gasteiger partial charge is 0.472 e. The standard InChI is InChI=1S/C40H66FN7O16P2/c1-3-4-5-6-7-8-9-10-11-12-13-14-15-16-17-18-19-59-34(26-61-66(57,58)60-25-33-30(49)21-36(63-33)48-24-28(41)38(51)44-40(48)53)32(64-65(54,55)56)22-31-29(45-46-42)20-35(62-31)47-23-27(2)37(50)43-39(47)52/h23-24,29-36,49H,3-22,25-26H2,1-2H3,(H,57,58)(H,43,50,52)(H,44,51,53)(H2,54,55,56)/p-1. The molecule has 26 heteroatoms. The van der Waals surface area contributed by atoms with Crippen LogP contribution >= 0.6 is 15.6 Å². The lowest BCUT2D eigenvalue weighted by atomic mass is 10.0. The number of azide groups is 1. The number of aromatic nitrogens is 4. The van der Waals surface area contributed by atoms with E-state index in [0.717, 1.165) is 36.7 Å². The van der Waals surface area contributed by atoms with Crippen LogP contribution in [0.1, 0.15) is 147 Å². The lowest BCUT2D eigenvalue weighted by Crippen LogP contribution is -2.40. The molecule has 0 aromatic carbocycles. The number of hydrogen-bond donors (Lipinski definition) is 5. The SMILES string of the molecule is CCCCCCCCCCCCCCCCCCOC(COP(=O)(O)OCC1OC(n2cc(F)c(=O)[nH]c2=O)CC1O)C(CC1OC(n2cc(C)c(=O)[nH]c2=O)CC1N=[N+]=[N-])OP(=O)([O-])O. The Morgan fingerprint density at radius 3 is 1.94 bits per heavy atom. The molecule has 2 aliphatic rings. The summed E-state index contributed by atoms with van der Waals surface area (Å²) in [6.45, 7) is 1.96. The van der Waals surface area contributed by atoms with E-state index in [-0.39, 0.29) is 25.0 Å². The molecular formula is C40H65FN7O16P2-. The van der Waals surface area contributed by atoms with Crippen molar-refractivity contribution >= 4 is 15.6 Å². The first-order valence-electron chi connectivity index (χ1n) is 22.7. The summed E-state index contributed by atoms with van der Waals surface area (Å²) in [4.78, 5) is 88.0. The van der Waals surface area contributed by atoms with Crippen molar-refractivity contribution in [1.82, 2.24) is 19.1 Å². The Bertz CT molecular complexity index is 2200. The zero-order chi connectivity index (χ0) is 48.3. The predicted molar refractivity (Wildman–Crippen MR) is 234 cm³/mol. The number of hydrogen-bond acceptors (Lipinski definition) is 15. The maximum absolute atomic E-state index is 13.9. The molecule has 2 saturated heterocycles. The minimum Gasteiger partial charge on any atom is -0.756 e. The first kappa shape index (κ1) is 55.3. The van der Waals surface area contributed by atoms with E-state index in [2.05, 4.69) is 21.9 Å². The van der Waals surface area contributed by atoms with E-state index in [4.69, 9.17) is 27.8 Å². The van der Waals surface area contributed by atoms with Crippen molar-refractivity contribution in [3.05, 3.63) is 75.9 Å². The molecule has 5 N–H and O–H groups in total. The number of aliphatic hydroxyl groups excluding tert-OH is 1. The van der Waals surface area contributed by atoms with Crippen LogP contribution in [0.2, 0.25) is 0 Å². The molecule has 0 aliphatic carbocycles.